The van der Waals surface area contributed by atoms with Crippen LogP contribution in [0, 0.1) is 0 Å². The van der Waals surface area contributed by atoms with Crippen LogP contribution in [-0.2, 0) is 14.3 Å². The Kier molecular flexibility index (Phi) is 5.82. The van der Waals surface area contributed by atoms with Gasteiger partial charge in [0, 0.05) is 29.8 Å². The van der Waals surface area contributed by atoms with Crippen molar-refractivity contribution in [3.8, 4) is 17.2 Å². The maximum Gasteiger partial charge on any atom is 0.363 e. The predicted octanol–water partition coefficient (Wildman–Crippen LogP) is 3.02. The van der Waals surface area contributed by atoms with Crippen LogP contribution in [0.3, 0.4) is 0 Å². The van der Waals surface area contributed by atoms with Crippen LogP contribution in [0.4, 0.5) is 5.69 Å². The van der Waals surface area contributed by atoms with Gasteiger partial charge in [-0.2, -0.15) is 0 Å². The summed E-state index contributed by atoms with van der Waals surface area (Å²) in [6, 6.07) is 10.2. The number of hydrogen-bond donors (Lipinski definition) is 1. The van der Waals surface area contributed by atoms with Crippen molar-refractivity contribution in [3.05, 3.63) is 53.2 Å². The molecular weight excluding hydrogens is 376 g/mol. The summed E-state index contributed by atoms with van der Waals surface area (Å²) in [4.78, 5) is 27.7. The fourth-order valence-corrected chi connectivity index (χ4v) is 2.74. The van der Waals surface area contributed by atoms with E-state index in [1.807, 2.05) is 0 Å². The number of carbonyl (C=O) groups is 2. The molecule has 2 aromatic carbocycles. The van der Waals surface area contributed by atoms with E-state index in [1.54, 1.807) is 42.5 Å². The van der Waals surface area contributed by atoms with Gasteiger partial charge in [-0.15, -0.1) is 0 Å². The van der Waals surface area contributed by atoms with Gasteiger partial charge >= 0.3 is 5.97 Å². The zero-order valence-corrected chi connectivity index (χ0v) is 16.4. The number of rotatable bonds is 6. The molecule has 2 aromatic rings. The summed E-state index contributed by atoms with van der Waals surface area (Å²) in [5, 5.41) is 2.67. The minimum Gasteiger partial charge on any atom is -0.496 e. The lowest BCUT2D eigenvalue weighted by molar-refractivity contribution is -0.129. The van der Waals surface area contributed by atoms with Crippen molar-refractivity contribution in [2.24, 2.45) is 4.99 Å². The highest BCUT2D eigenvalue weighted by Crippen LogP contribution is 2.36. The largest absolute Gasteiger partial charge is 0.496 e. The molecule has 1 aliphatic heterocycles. The second kappa shape index (κ2) is 8.47. The van der Waals surface area contributed by atoms with Gasteiger partial charge in [0.2, 0.25) is 11.8 Å². The zero-order valence-electron chi connectivity index (χ0n) is 16.4. The molecule has 0 saturated carbocycles. The highest BCUT2D eigenvalue weighted by molar-refractivity contribution is 6.13. The van der Waals surface area contributed by atoms with Gasteiger partial charge < -0.3 is 24.3 Å². The number of amides is 1. The van der Waals surface area contributed by atoms with E-state index in [4.69, 9.17) is 18.9 Å². The first-order valence-corrected chi connectivity index (χ1v) is 8.65. The Bertz CT molecular complexity index is 1010. The Morgan fingerprint density at radius 3 is 2.21 bits per heavy atom. The average molecular weight is 396 g/mol. The summed E-state index contributed by atoms with van der Waals surface area (Å²) >= 11 is 0. The monoisotopic (exact) mass is 396 g/mol. The van der Waals surface area contributed by atoms with Gasteiger partial charge in [0.05, 0.1) is 21.3 Å². The molecule has 1 N–H and O–H groups in total. The van der Waals surface area contributed by atoms with E-state index in [9.17, 15) is 9.59 Å². The Morgan fingerprint density at radius 1 is 1.00 bits per heavy atom. The molecular formula is C21H20N2O6. The molecule has 0 bridgehead atoms. The Labute approximate surface area is 167 Å². The molecule has 1 aliphatic rings. The zero-order chi connectivity index (χ0) is 21.0. The summed E-state index contributed by atoms with van der Waals surface area (Å²) in [5.74, 6) is 0.911. The van der Waals surface area contributed by atoms with Crippen LogP contribution in [0.2, 0.25) is 0 Å². The number of cyclic esters (lactones) is 1. The SMILES string of the molecule is COc1cc(OC)c(OC)cc1/C=C1\N=C(c2ccc(NC(C)=O)cc2)OC1=O. The smallest absolute Gasteiger partial charge is 0.363 e. The van der Waals surface area contributed by atoms with Crippen molar-refractivity contribution in [1.82, 2.24) is 0 Å². The molecule has 0 unspecified atom stereocenters. The standard InChI is InChI=1S/C21H20N2O6/c1-12(24)22-15-7-5-13(6-8-15)20-23-16(21(25)29-20)9-14-10-18(27-3)19(28-4)11-17(14)26-2/h5-11H,1-4H3,(H,22,24)/b16-9-. The lowest BCUT2D eigenvalue weighted by Gasteiger charge is -2.12. The number of nitrogens with one attached hydrogen (secondary N) is 1. The Morgan fingerprint density at radius 2 is 1.62 bits per heavy atom. The molecule has 29 heavy (non-hydrogen) atoms. The third-order valence-corrected chi connectivity index (χ3v) is 4.10. The highest BCUT2D eigenvalue weighted by Gasteiger charge is 2.25. The second-order valence-electron chi connectivity index (χ2n) is 6.04. The molecule has 0 fully saturated rings. The molecule has 1 heterocycles. The molecule has 0 atom stereocenters. The number of aliphatic imine (C=N–C) groups is 1. The van der Waals surface area contributed by atoms with Crippen molar-refractivity contribution in [2.75, 3.05) is 26.6 Å². The molecule has 0 saturated heterocycles. The molecule has 150 valence electrons. The van der Waals surface area contributed by atoms with Gasteiger partial charge in [0.15, 0.2) is 17.2 Å². The third kappa shape index (κ3) is 4.37. The first-order chi connectivity index (χ1) is 13.9. The van der Waals surface area contributed by atoms with Crippen LogP contribution in [0.15, 0.2) is 47.1 Å². The van der Waals surface area contributed by atoms with Gasteiger partial charge in [-0.1, -0.05) is 0 Å². The molecule has 8 nitrogen and oxygen atoms in total. The average Bonchev–Trinajstić information content (AvgIpc) is 3.08. The first-order valence-electron chi connectivity index (χ1n) is 8.65. The predicted molar refractivity (Wildman–Crippen MR) is 107 cm³/mol. The normalized spacial score (nSPS) is 14.3. The number of benzene rings is 2. The van der Waals surface area contributed by atoms with E-state index in [-0.39, 0.29) is 17.5 Å². The number of nitrogens with zero attached hydrogens (tertiary/aromatic N) is 1. The van der Waals surface area contributed by atoms with Gasteiger partial charge in [-0.3, -0.25) is 4.79 Å². The maximum absolute atomic E-state index is 12.3. The van der Waals surface area contributed by atoms with Gasteiger partial charge in [0.25, 0.3) is 0 Å². The van der Waals surface area contributed by atoms with E-state index < -0.39 is 5.97 Å². The number of anilines is 1. The molecule has 0 aliphatic carbocycles. The summed E-state index contributed by atoms with van der Waals surface area (Å²) in [5.41, 5.74) is 1.95. The van der Waals surface area contributed by atoms with Crippen LogP contribution in [0.1, 0.15) is 18.1 Å². The topological polar surface area (TPSA) is 95.5 Å². The molecule has 3 rings (SSSR count). The Hall–Kier alpha value is -3.81. The molecule has 0 aromatic heterocycles. The lowest BCUT2D eigenvalue weighted by atomic mass is 10.1. The number of carbonyl (C=O) groups excluding carboxylic acids is 2. The van der Waals surface area contributed by atoms with E-state index in [0.717, 1.165) is 0 Å². The van der Waals surface area contributed by atoms with Crippen LogP contribution in [-0.4, -0.2) is 39.1 Å². The molecule has 1 amide bonds. The molecule has 8 heteroatoms. The van der Waals surface area contributed by atoms with Crippen molar-refractivity contribution in [2.45, 2.75) is 6.92 Å². The van der Waals surface area contributed by atoms with Crippen LogP contribution < -0.4 is 19.5 Å². The van der Waals surface area contributed by atoms with Gasteiger partial charge in [-0.25, -0.2) is 9.79 Å². The Balaban J connectivity index is 1.93. The van der Waals surface area contributed by atoms with Gasteiger partial charge in [-0.05, 0) is 36.4 Å². The maximum atomic E-state index is 12.3. The van der Waals surface area contributed by atoms with Crippen molar-refractivity contribution in [1.29, 1.82) is 0 Å². The number of esters is 1. The fourth-order valence-electron chi connectivity index (χ4n) is 2.74. The van der Waals surface area contributed by atoms with E-state index in [1.165, 1.54) is 28.3 Å². The second-order valence-corrected chi connectivity index (χ2v) is 6.04. The van der Waals surface area contributed by atoms with Crippen LogP contribution in [0.5, 0.6) is 17.2 Å². The summed E-state index contributed by atoms with van der Waals surface area (Å²) < 4.78 is 21.2. The third-order valence-electron chi connectivity index (χ3n) is 4.10. The van der Waals surface area contributed by atoms with Crippen molar-refractivity contribution < 1.29 is 28.5 Å². The van der Waals surface area contributed by atoms with Crippen LogP contribution >= 0.6 is 0 Å². The molecule has 0 radical (unpaired) electrons. The first kappa shape index (κ1) is 19.9. The van der Waals surface area contributed by atoms with Gasteiger partial charge in [0.1, 0.15) is 5.75 Å². The number of ether oxygens (including phenoxy) is 4. The quantitative estimate of drug-likeness (QED) is 0.596. The lowest BCUT2D eigenvalue weighted by Crippen LogP contribution is -2.07. The number of hydrogen-bond acceptors (Lipinski definition) is 7. The fraction of sp³-hybridized carbons (Fsp3) is 0.190. The molecule has 0 spiro atoms. The van der Waals surface area contributed by atoms with E-state index >= 15 is 0 Å². The minimum atomic E-state index is -0.581. The highest BCUT2D eigenvalue weighted by atomic mass is 16.6. The van der Waals surface area contributed by atoms with E-state index in [2.05, 4.69) is 10.3 Å². The number of methoxy groups -OCH3 is 3. The van der Waals surface area contributed by atoms with Crippen molar-refractivity contribution in [3.63, 3.8) is 0 Å². The summed E-state index contributed by atoms with van der Waals surface area (Å²) in [7, 11) is 4.56. The summed E-state index contributed by atoms with van der Waals surface area (Å²) in [6.07, 6.45) is 1.56. The van der Waals surface area contributed by atoms with E-state index in [0.29, 0.717) is 34.1 Å². The van der Waals surface area contributed by atoms with Crippen LogP contribution in [0.25, 0.3) is 6.08 Å². The minimum absolute atomic E-state index is 0.122. The van der Waals surface area contributed by atoms with Crippen molar-refractivity contribution >= 4 is 29.5 Å². The summed E-state index contributed by atoms with van der Waals surface area (Å²) in [6.45, 7) is 1.43.